The van der Waals surface area contributed by atoms with E-state index in [4.69, 9.17) is 4.74 Å². The highest BCUT2D eigenvalue weighted by Gasteiger charge is 2.27. The lowest BCUT2D eigenvalue weighted by molar-refractivity contribution is 0.351. The van der Waals surface area contributed by atoms with E-state index in [0.717, 1.165) is 11.4 Å². The largest absolute Gasteiger partial charge is 0.495 e. The first kappa shape index (κ1) is 11.4. The van der Waals surface area contributed by atoms with Crippen LogP contribution in [0.25, 0.3) is 0 Å². The average molecular weight is 220 g/mol. The van der Waals surface area contributed by atoms with Crippen LogP contribution in [-0.2, 0) is 0 Å². The van der Waals surface area contributed by atoms with E-state index in [0.29, 0.717) is 12.0 Å². The monoisotopic (exact) mass is 220 g/mol. The van der Waals surface area contributed by atoms with Crippen LogP contribution in [0.4, 0.5) is 0 Å². The Morgan fingerprint density at radius 2 is 2.19 bits per heavy atom. The van der Waals surface area contributed by atoms with Crippen molar-refractivity contribution >= 4 is 0 Å². The number of nitrogens with one attached hydrogen (secondary N) is 1. The van der Waals surface area contributed by atoms with Gasteiger partial charge < -0.3 is 10.1 Å². The molecule has 0 saturated heterocycles. The predicted molar refractivity (Wildman–Crippen MR) is 64.5 cm³/mol. The first-order chi connectivity index (χ1) is 7.86. The maximum atomic E-state index is 5.39. The summed E-state index contributed by atoms with van der Waals surface area (Å²) >= 11 is 0. The lowest BCUT2D eigenvalue weighted by Crippen LogP contribution is -2.25. The summed E-state index contributed by atoms with van der Waals surface area (Å²) in [6.45, 7) is 0. The van der Waals surface area contributed by atoms with Crippen LogP contribution in [0.15, 0.2) is 18.3 Å². The first-order valence-electron chi connectivity index (χ1n) is 6.03. The zero-order valence-electron chi connectivity index (χ0n) is 10.1. The molecule has 3 heteroatoms. The molecule has 1 fully saturated rings. The molecule has 1 heterocycles. The van der Waals surface area contributed by atoms with E-state index in [9.17, 15) is 0 Å². The van der Waals surface area contributed by atoms with Gasteiger partial charge in [0.2, 0.25) is 0 Å². The van der Waals surface area contributed by atoms with Crippen LogP contribution in [0.5, 0.6) is 5.75 Å². The normalized spacial score (nSPS) is 18.6. The van der Waals surface area contributed by atoms with Crippen molar-refractivity contribution in [3.63, 3.8) is 0 Å². The molecule has 3 nitrogen and oxygen atoms in total. The average Bonchev–Trinajstić information content (AvgIpc) is 2.84. The van der Waals surface area contributed by atoms with E-state index in [-0.39, 0.29) is 0 Å². The molecule has 16 heavy (non-hydrogen) atoms. The number of hydrogen-bond acceptors (Lipinski definition) is 3. The van der Waals surface area contributed by atoms with Crippen molar-refractivity contribution < 1.29 is 4.74 Å². The second-order valence-electron chi connectivity index (χ2n) is 4.40. The summed E-state index contributed by atoms with van der Waals surface area (Å²) in [5.41, 5.74) is 1.06. The topological polar surface area (TPSA) is 34.2 Å². The number of rotatable bonds is 4. The fourth-order valence-electron chi connectivity index (χ4n) is 2.70. The maximum absolute atomic E-state index is 5.39. The fourth-order valence-corrected chi connectivity index (χ4v) is 2.70. The van der Waals surface area contributed by atoms with Gasteiger partial charge in [-0.15, -0.1) is 0 Å². The maximum Gasteiger partial charge on any atom is 0.141 e. The van der Waals surface area contributed by atoms with Crippen molar-refractivity contribution in [3.05, 3.63) is 24.0 Å². The summed E-state index contributed by atoms with van der Waals surface area (Å²) in [6.07, 6.45) is 7.13. The minimum absolute atomic E-state index is 0.332. The summed E-state index contributed by atoms with van der Waals surface area (Å²) in [5, 5.41) is 3.39. The number of ether oxygens (including phenoxy) is 1. The van der Waals surface area contributed by atoms with Crippen LogP contribution in [0, 0.1) is 5.92 Å². The van der Waals surface area contributed by atoms with Gasteiger partial charge >= 0.3 is 0 Å². The molecule has 1 aromatic heterocycles. The minimum Gasteiger partial charge on any atom is -0.495 e. The number of aromatic nitrogens is 1. The summed E-state index contributed by atoms with van der Waals surface area (Å²) in [5.74, 6) is 1.60. The molecule has 1 aliphatic carbocycles. The van der Waals surface area contributed by atoms with E-state index in [1.54, 1.807) is 7.11 Å². The Labute approximate surface area is 97.2 Å². The fraction of sp³-hybridized carbons (Fsp3) is 0.615. The van der Waals surface area contributed by atoms with Crippen LogP contribution in [0.3, 0.4) is 0 Å². The molecule has 1 aromatic rings. The van der Waals surface area contributed by atoms with Gasteiger partial charge in [0.05, 0.1) is 18.8 Å². The van der Waals surface area contributed by atoms with E-state index in [2.05, 4.69) is 10.3 Å². The van der Waals surface area contributed by atoms with Crippen molar-refractivity contribution in [1.82, 2.24) is 10.3 Å². The molecule has 1 aliphatic rings. The third-order valence-corrected chi connectivity index (χ3v) is 3.50. The summed E-state index contributed by atoms with van der Waals surface area (Å²) in [4.78, 5) is 4.48. The second-order valence-corrected chi connectivity index (χ2v) is 4.40. The zero-order valence-corrected chi connectivity index (χ0v) is 10.1. The Bertz CT molecular complexity index is 334. The van der Waals surface area contributed by atoms with Gasteiger partial charge in [0.15, 0.2) is 0 Å². The van der Waals surface area contributed by atoms with Crippen molar-refractivity contribution in [1.29, 1.82) is 0 Å². The zero-order chi connectivity index (χ0) is 11.4. The van der Waals surface area contributed by atoms with Crippen molar-refractivity contribution in [2.75, 3.05) is 14.2 Å². The van der Waals surface area contributed by atoms with Crippen LogP contribution in [0.1, 0.15) is 37.4 Å². The third kappa shape index (κ3) is 2.19. The SMILES string of the molecule is CNC(c1ncccc1OC)C1CCCC1. The molecule has 1 atom stereocenters. The molecule has 1 unspecified atom stereocenters. The third-order valence-electron chi connectivity index (χ3n) is 3.50. The van der Waals surface area contributed by atoms with Crippen LogP contribution < -0.4 is 10.1 Å². The molecule has 2 rings (SSSR count). The number of methoxy groups -OCH3 is 1. The van der Waals surface area contributed by atoms with Gasteiger partial charge in [-0.3, -0.25) is 4.98 Å². The van der Waals surface area contributed by atoms with E-state index in [1.165, 1.54) is 25.7 Å². The molecule has 0 aromatic carbocycles. The number of nitrogens with zero attached hydrogens (tertiary/aromatic N) is 1. The van der Waals surface area contributed by atoms with E-state index < -0.39 is 0 Å². The van der Waals surface area contributed by atoms with E-state index >= 15 is 0 Å². The lowest BCUT2D eigenvalue weighted by atomic mass is 9.94. The number of hydrogen-bond donors (Lipinski definition) is 1. The molecular weight excluding hydrogens is 200 g/mol. The standard InChI is InChI=1S/C13H20N2O/c1-14-12(10-6-3-4-7-10)13-11(16-2)8-5-9-15-13/h5,8-10,12,14H,3-4,6-7H2,1-2H3. The van der Waals surface area contributed by atoms with E-state index in [1.807, 2.05) is 25.4 Å². The van der Waals surface area contributed by atoms with Gasteiger partial charge in [-0.25, -0.2) is 0 Å². The molecule has 0 aliphatic heterocycles. The second kappa shape index (κ2) is 5.30. The highest BCUT2D eigenvalue weighted by molar-refractivity contribution is 5.30. The highest BCUT2D eigenvalue weighted by Crippen LogP contribution is 2.37. The van der Waals surface area contributed by atoms with Gasteiger partial charge in [0.25, 0.3) is 0 Å². The van der Waals surface area contributed by atoms with Gasteiger partial charge in [-0.1, -0.05) is 12.8 Å². The van der Waals surface area contributed by atoms with Crippen molar-refractivity contribution in [2.45, 2.75) is 31.7 Å². The highest BCUT2D eigenvalue weighted by atomic mass is 16.5. The molecule has 1 N–H and O–H groups in total. The minimum atomic E-state index is 0.332. The van der Waals surface area contributed by atoms with Crippen LogP contribution in [0.2, 0.25) is 0 Å². The van der Waals surface area contributed by atoms with Gasteiger partial charge in [0, 0.05) is 6.20 Å². The molecule has 0 radical (unpaired) electrons. The Morgan fingerprint density at radius 1 is 1.44 bits per heavy atom. The van der Waals surface area contributed by atoms with Gasteiger partial charge in [0.1, 0.15) is 5.75 Å². The van der Waals surface area contributed by atoms with Crippen molar-refractivity contribution in [3.8, 4) is 5.75 Å². The Balaban J connectivity index is 2.24. The number of pyridine rings is 1. The summed E-state index contributed by atoms with van der Waals surface area (Å²) in [7, 11) is 3.72. The van der Waals surface area contributed by atoms with Crippen molar-refractivity contribution in [2.24, 2.45) is 5.92 Å². The van der Waals surface area contributed by atoms with Crippen LogP contribution >= 0.6 is 0 Å². The molecule has 1 saturated carbocycles. The predicted octanol–water partition coefficient (Wildman–Crippen LogP) is 2.54. The smallest absolute Gasteiger partial charge is 0.141 e. The molecule has 0 bridgehead atoms. The summed E-state index contributed by atoms with van der Waals surface area (Å²) < 4.78 is 5.39. The Kier molecular flexibility index (Phi) is 3.78. The van der Waals surface area contributed by atoms with Gasteiger partial charge in [-0.2, -0.15) is 0 Å². The lowest BCUT2D eigenvalue weighted by Gasteiger charge is -2.23. The first-order valence-corrected chi connectivity index (χ1v) is 6.03. The van der Waals surface area contributed by atoms with Crippen LogP contribution in [-0.4, -0.2) is 19.1 Å². The molecule has 0 spiro atoms. The van der Waals surface area contributed by atoms with Gasteiger partial charge in [-0.05, 0) is 37.9 Å². The quantitative estimate of drug-likeness (QED) is 0.846. The summed E-state index contributed by atoms with van der Waals surface area (Å²) in [6, 6.07) is 4.24. The Morgan fingerprint density at radius 3 is 2.81 bits per heavy atom. The molecule has 0 amide bonds. The Hall–Kier alpha value is -1.09. The molecule has 88 valence electrons. The molecular formula is C13H20N2O.